The number of amides is 1. The lowest BCUT2D eigenvalue weighted by Crippen LogP contribution is -2.12. The molecule has 1 rings (SSSR count). The van der Waals surface area contributed by atoms with E-state index >= 15 is 0 Å². The number of non-ortho nitro benzene ring substituents is 1. The molecule has 0 aliphatic carbocycles. The van der Waals surface area contributed by atoms with E-state index in [-0.39, 0.29) is 12.3 Å². The lowest BCUT2D eigenvalue weighted by atomic mass is 10.2. The molecule has 0 spiro atoms. The highest BCUT2D eigenvalue weighted by Gasteiger charge is 2.03. The van der Waals surface area contributed by atoms with Crippen LogP contribution in [0.3, 0.4) is 0 Å². The Morgan fingerprint density at radius 1 is 1.56 bits per heavy atom. The van der Waals surface area contributed by atoms with Crippen LogP contribution in [-0.2, 0) is 4.74 Å². The molecule has 0 radical (unpaired) electrons. The lowest BCUT2D eigenvalue weighted by molar-refractivity contribution is -0.384. The number of nitrogens with zero attached hydrogens (tertiary/aromatic N) is 1. The normalized spacial score (nSPS) is 8.75. The van der Waals surface area contributed by atoms with Crippen LogP contribution < -0.4 is 5.73 Å². The van der Waals surface area contributed by atoms with Crippen molar-refractivity contribution in [2.45, 2.75) is 0 Å². The molecule has 0 saturated heterocycles. The van der Waals surface area contributed by atoms with Gasteiger partial charge in [0.05, 0.1) is 4.92 Å². The lowest BCUT2D eigenvalue weighted by Gasteiger charge is -1.93. The summed E-state index contributed by atoms with van der Waals surface area (Å²) in [4.78, 5) is 20.1. The van der Waals surface area contributed by atoms with E-state index in [0.29, 0.717) is 5.56 Å². The fraction of sp³-hybridized carbons (Fsp3) is 0.100. The average molecular weight is 220 g/mol. The first-order valence-electron chi connectivity index (χ1n) is 4.25. The molecule has 0 atom stereocenters. The van der Waals surface area contributed by atoms with Gasteiger partial charge >= 0.3 is 6.09 Å². The smallest absolute Gasteiger partial charge is 0.405 e. The SMILES string of the molecule is NC(=O)OCC#Cc1cccc([N+](=O)[O-])c1. The Morgan fingerprint density at radius 2 is 2.31 bits per heavy atom. The topological polar surface area (TPSA) is 95.5 Å². The first kappa shape index (κ1) is 11.5. The highest BCUT2D eigenvalue weighted by atomic mass is 16.6. The number of carbonyl (C=O) groups excluding carboxylic acids is 1. The molecule has 1 aromatic rings. The standard InChI is InChI=1S/C10H8N2O4/c11-10(13)16-6-2-4-8-3-1-5-9(7-8)12(14)15/h1,3,5,7H,6H2,(H2,11,13). The Hall–Kier alpha value is -2.55. The fourth-order valence-corrected chi connectivity index (χ4v) is 0.943. The Kier molecular flexibility index (Phi) is 3.86. The second-order valence-electron chi connectivity index (χ2n) is 2.72. The molecule has 0 unspecified atom stereocenters. The van der Waals surface area contributed by atoms with Crippen molar-refractivity contribution in [3.63, 3.8) is 0 Å². The number of carbonyl (C=O) groups is 1. The average Bonchev–Trinajstić information content (AvgIpc) is 2.24. The number of nitro groups is 1. The molecule has 6 nitrogen and oxygen atoms in total. The van der Waals surface area contributed by atoms with Crippen molar-refractivity contribution in [3.05, 3.63) is 39.9 Å². The summed E-state index contributed by atoms with van der Waals surface area (Å²) < 4.78 is 4.37. The Bertz CT molecular complexity index is 473. The van der Waals surface area contributed by atoms with Crippen molar-refractivity contribution in [2.75, 3.05) is 6.61 Å². The summed E-state index contributed by atoms with van der Waals surface area (Å²) in [6.07, 6.45) is -0.909. The van der Waals surface area contributed by atoms with Gasteiger partial charge in [-0.05, 0) is 6.07 Å². The zero-order valence-electron chi connectivity index (χ0n) is 8.17. The summed E-state index contributed by atoms with van der Waals surface area (Å²) in [6, 6.07) is 5.84. The Balaban J connectivity index is 2.70. The van der Waals surface area contributed by atoms with Crippen LogP contribution in [0.1, 0.15) is 5.56 Å². The number of primary amides is 1. The molecule has 2 N–H and O–H groups in total. The number of ether oxygens (including phenoxy) is 1. The molecular formula is C10H8N2O4. The number of nitro benzene ring substituents is 1. The largest absolute Gasteiger partial charge is 0.437 e. The summed E-state index contributed by atoms with van der Waals surface area (Å²) >= 11 is 0. The number of nitrogens with two attached hydrogens (primary N) is 1. The zero-order chi connectivity index (χ0) is 12.0. The van der Waals surface area contributed by atoms with Crippen molar-refractivity contribution >= 4 is 11.8 Å². The monoisotopic (exact) mass is 220 g/mol. The van der Waals surface area contributed by atoms with Gasteiger partial charge in [-0.3, -0.25) is 10.1 Å². The van der Waals surface area contributed by atoms with Crippen molar-refractivity contribution in [2.24, 2.45) is 5.73 Å². The van der Waals surface area contributed by atoms with Crippen molar-refractivity contribution < 1.29 is 14.5 Å². The predicted molar refractivity (Wildman–Crippen MR) is 55.5 cm³/mol. The van der Waals surface area contributed by atoms with Crippen LogP contribution in [0.4, 0.5) is 10.5 Å². The summed E-state index contributed by atoms with van der Waals surface area (Å²) in [5.41, 5.74) is 5.15. The molecule has 0 aromatic heterocycles. The molecule has 0 saturated carbocycles. The molecule has 0 aliphatic heterocycles. The van der Waals surface area contributed by atoms with Gasteiger partial charge < -0.3 is 10.5 Å². The Morgan fingerprint density at radius 3 is 2.94 bits per heavy atom. The minimum atomic E-state index is -0.909. The van der Waals surface area contributed by atoms with Crippen LogP contribution in [-0.4, -0.2) is 17.6 Å². The fourth-order valence-electron chi connectivity index (χ4n) is 0.943. The van der Waals surface area contributed by atoms with Crippen molar-refractivity contribution in [1.29, 1.82) is 0 Å². The molecule has 0 fully saturated rings. The zero-order valence-corrected chi connectivity index (χ0v) is 8.17. The van der Waals surface area contributed by atoms with E-state index in [9.17, 15) is 14.9 Å². The molecule has 1 amide bonds. The van der Waals surface area contributed by atoms with Crippen molar-refractivity contribution in [3.8, 4) is 11.8 Å². The van der Waals surface area contributed by atoms with Crippen LogP contribution >= 0.6 is 0 Å². The third-order valence-corrected chi connectivity index (χ3v) is 1.58. The maximum Gasteiger partial charge on any atom is 0.405 e. The van der Waals surface area contributed by atoms with Gasteiger partial charge in [0.15, 0.2) is 6.61 Å². The van der Waals surface area contributed by atoms with Crippen molar-refractivity contribution in [1.82, 2.24) is 0 Å². The number of hydrogen-bond acceptors (Lipinski definition) is 4. The van der Waals surface area contributed by atoms with E-state index in [1.807, 2.05) is 0 Å². The number of benzene rings is 1. The summed E-state index contributed by atoms with van der Waals surface area (Å²) in [5, 5.41) is 10.4. The summed E-state index contributed by atoms with van der Waals surface area (Å²) in [7, 11) is 0. The maximum absolute atomic E-state index is 10.4. The molecule has 0 aliphatic rings. The van der Waals surface area contributed by atoms with E-state index in [1.165, 1.54) is 18.2 Å². The molecule has 82 valence electrons. The first-order valence-corrected chi connectivity index (χ1v) is 4.25. The summed E-state index contributed by atoms with van der Waals surface area (Å²) in [6.45, 7) is -0.141. The second kappa shape index (κ2) is 5.36. The van der Waals surface area contributed by atoms with Gasteiger partial charge in [0, 0.05) is 17.7 Å². The number of hydrogen-bond donors (Lipinski definition) is 1. The van der Waals surface area contributed by atoms with Gasteiger partial charge in [-0.2, -0.15) is 0 Å². The van der Waals surface area contributed by atoms with E-state index in [4.69, 9.17) is 5.73 Å². The molecule has 16 heavy (non-hydrogen) atoms. The molecule has 0 bridgehead atoms. The van der Waals surface area contributed by atoms with Gasteiger partial charge in [-0.1, -0.05) is 17.9 Å². The molecule has 0 heterocycles. The third-order valence-electron chi connectivity index (χ3n) is 1.58. The van der Waals surface area contributed by atoms with E-state index in [2.05, 4.69) is 16.6 Å². The maximum atomic E-state index is 10.4. The minimum absolute atomic E-state index is 0.0392. The van der Waals surface area contributed by atoms with Crippen LogP contribution in [0.25, 0.3) is 0 Å². The summed E-state index contributed by atoms with van der Waals surface area (Å²) in [5.74, 6) is 5.11. The van der Waals surface area contributed by atoms with Crippen LogP contribution in [0.2, 0.25) is 0 Å². The molecular weight excluding hydrogens is 212 g/mol. The third kappa shape index (κ3) is 3.67. The highest BCUT2D eigenvalue weighted by Crippen LogP contribution is 2.11. The molecule has 1 aromatic carbocycles. The van der Waals surface area contributed by atoms with E-state index in [0.717, 1.165) is 0 Å². The quantitative estimate of drug-likeness (QED) is 0.457. The molecule has 6 heteroatoms. The van der Waals surface area contributed by atoms with Crippen LogP contribution in [0.5, 0.6) is 0 Å². The second-order valence-corrected chi connectivity index (χ2v) is 2.72. The van der Waals surface area contributed by atoms with Gasteiger partial charge in [0.25, 0.3) is 5.69 Å². The van der Waals surface area contributed by atoms with Crippen LogP contribution in [0, 0.1) is 22.0 Å². The van der Waals surface area contributed by atoms with Gasteiger partial charge in [-0.15, -0.1) is 0 Å². The number of rotatable bonds is 2. The Labute approximate surface area is 91.2 Å². The van der Waals surface area contributed by atoms with Gasteiger partial charge in [0.1, 0.15) is 0 Å². The first-order chi connectivity index (χ1) is 7.59. The van der Waals surface area contributed by atoms with Gasteiger partial charge in [-0.25, -0.2) is 4.79 Å². The predicted octanol–water partition coefficient (Wildman–Crippen LogP) is 1.04. The van der Waals surface area contributed by atoms with Gasteiger partial charge in [0.2, 0.25) is 0 Å². The van der Waals surface area contributed by atoms with Crippen LogP contribution in [0.15, 0.2) is 24.3 Å². The highest BCUT2D eigenvalue weighted by molar-refractivity contribution is 5.64. The van der Waals surface area contributed by atoms with E-state index < -0.39 is 11.0 Å². The minimum Gasteiger partial charge on any atom is -0.437 e. The van der Waals surface area contributed by atoms with E-state index in [1.54, 1.807) is 6.07 Å².